The smallest absolute Gasteiger partial charge is 0.213 e. The molecule has 0 atom stereocenters. The van der Waals surface area contributed by atoms with Gasteiger partial charge >= 0.3 is 0 Å². The van der Waals surface area contributed by atoms with Gasteiger partial charge in [0.1, 0.15) is 11.4 Å². The van der Waals surface area contributed by atoms with Gasteiger partial charge in [-0.2, -0.15) is 4.98 Å². The van der Waals surface area contributed by atoms with Crippen molar-refractivity contribution in [1.29, 1.82) is 0 Å². The number of H-pyrrole nitrogens is 2. The summed E-state index contributed by atoms with van der Waals surface area (Å²) in [7, 11) is 1.60. The Balaban J connectivity index is 2.38. The quantitative estimate of drug-likeness (QED) is 0.734. The molecule has 6 heteroatoms. The van der Waals surface area contributed by atoms with E-state index in [1.165, 1.54) is 0 Å². The Labute approximate surface area is 85.2 Å². The number of aromatic nitrogens is 4. The van der Waals surface area contributed by atoms with Crippen molar-refractivity contribution < 1.29 is 4.74 Å². The molecule has 14 heavy (non-hydrogen) atoms. The van der Waals surface area contributed by atoms with E-state index in [0.717, 1.165) is 5.69 Å². The van der Waals surface area contributed by atoms with Gasteiger partial charge in [-0.15, -0.1) is 0 Å². The Hall–Kier alpha value is -1.69. The van der Waals surface area contributed by atoms with Crippen LogP contribution in [0.15, 0.2) is 18.3 Å². The summed E-state index contributed by atoms with van der Waals surface area (Å²) in [6.07, 6.45) is 1.63. The second kappa shape index (κ2) is 3.59. The minimum Gasteiger partial charge on any atom is -0.495 e. The van der Waals surface area contributed by atoms with Crippen molar-refractivity contribution in [2.45, 2.75) is 0 Å². The number of nitrogens with one attached hydrogen (secondary N) is 2. The van der Waals surface area contributed by atoms with Gasteiger partial charge < -0.3 is 4.74 Å². The third-order valence-electron chi connectivity index (χ3n) is 1.72. The number of pyridine rings is 1. The highest BCUT2D eigenvalue weighted by Crippen LogP contribution is 2.14. The predicted octanol–water partition coefficient (Wildman–Crippen LogP) is 1.54. The summed E-state index contributed by atoms with van der Waals surface area (Å²) in [5.41, 5.74) is 0.721. The summed E-state index contributed by atoms with van der Waals surface area (Å²) >= 11 is 4.83. The molecule has 0 unspecified atom stereocenters. The van der Waals surface area contributed by atoms with Crippen molar-refractivity contribution >= 4 is 12.2 Å². The first-order valence-electron chi connectivity index (χ1n) is 3.94. The lowest BCUT2D eigenvalue weighted by atomic mass is 10.3. The van der Waals surface area contributed by atoms with Gasteiger partial charge in [-0.25, -0.2) is 4.98 Å². The molecule has 72 valence electrons. The highest BCUT2D eigenvalue weighted by atomic mass is 32.1. The fourth-order valence-corrected chi connectivity index (χ4v) is 1.17. The maximum atomic E-state index is 4.99. The van der Waals surface area contributed by atoms with Crippen LogP contribution in [0.5, 0.6) is 5.75 Å². The van der Waals surface area contributed by atoms with Crippen LogP contribution in [0.4, 0.5) is 0 Å². The monoisotopic (exact) mass is 208 g/mol. The molecule has 0 bridgehead atoms. The van der Waals surface area contributed by atoms with Crippen LogP contribution in [-0.2, 0) is 0 Å². The van der Waals surface area contributed by atoms with Crippen LogP contribution in [-0.4, -0.2) is 27.3 Å². The molecule has 0 amide bonds. The van der Waals surface area contributed by atoms with E-state index in [-0.39, 0.29) is 0 Å². The summed E-state index contributed by atoms with van der Waals surface area (Å²) in [6, 6.07) is 3.62. The summed E-state index contributed by atoms with van der Waals surface area (Å²) in [4.78, 5) is 8.18. The summed E-state index contributed by atoms with van der Waals surface area (Å²) in [5.74, 6) is 1.33. The van der Waals surface area contributed by atoms with Gasteiger partial charge in [-0.3, -0.25) is 10.2 Å². The van der Waals surface area contributed by atoms with Crippen LogP contribution >= 0.6 is 12.2 Å². The molecule has 2 heterocycles. The Morgan fingerprint density at radius 1 is 1.36 bits per heavy atom. The second-order valence-corrected chi connectivity index (χ2v) is 2.99. The molecule has 0 aromatic carbocycles. The highest BCUT2D eigenvalue weighted by molar-refractivity contribution is 7.71. The molecule has 2 N–H and O–H groups in total. The van der Waals surface area contributed by atoms with E-state index in [2.05, 4.69) is 20.2 Å². The fraction of sp³-hybridized carbons (Fsp3) is 0.125. The number of hydrogen-bond acceptors (Lipinski definition) is 4. The van der Waals surface area contributed by atoms with Crippen LogP contribution < -0.4 is 4.74 Å². The first-order valence-corrected chi connectivity index (χ1v) is 4.35. The Kier molecular flexibility index (Phi) is 2.28. The van der Waals surface area contributed by atoms with Crippen LogP contribution in [0.2, 0.25) is 0 Å². The van der Waals surface area contributed by atoms with Crippen molar-refractivity contribution in [3.63, 3.8) is 0 Å². The Morgan fingerprint density at radius 3 is 2.71 bits per heavy atom. The topological polar surface area (TPSA) is 66.6 Å². The SMILES string of the molecule is COc1ccc(-c2nc(=S)[nH][nH]2)nc1. The zero-order chi connectivity index (χ0) is 9.97. The van der Waals surface area contributed by atoms with Gasteiger partial charge in [0, 0.05) is 0 Å². The van der Waals surface area contributed by atoms with E-state index in [1.807, 2.05) is 6.07 Å². The average Bonchev–Trinajstić information content (AvgIpc) is 2.65. The van der Waals surface area contributed by atoms with Gasteiger partial charge in [0.25, 0.3) is 0 Å². The average molecular weight is 208 g/mol. The van der Waals surface area contributed by atoms with Gasteiger partial charge in [-0.1, -0.05) is 0 Å². The van der Waals surface area contributed by atoms with Crippen LogP contribution in [0.1, 0.15) is 0 Å². The first-order chi connectivity index (χ1) is 6.79. The normalized spacial score (nSPS) is 10.1. The van der Waals surface area contributed by atoms with Crippen molar-refractivity contribution in [2.24, 2.45) is 0 Å². The lowest BCUT2D eigenvalue weighted by molar-refractivity contribution is 0.413. The van der Waals surface area contributed by atoms with E-state index in [1.54, 1.807) is 19.4 Å². The van der Waals surface area contributed by atoms with E-state index < -0.39 is 0 Å². The van der Waals surface area contributed by atoms with Crippen molar-refractivity contribution in [3.05, 3.63) is 23.1 Å². The number of methoxy groups -OCH3 is 1. The van der Waals surface area contributed by atoms with Crippen LogP contribution in [0, 0.1) is 4.77 Å². The predicted molar refractivity (Wildman–Crippen MR) is 53.6 cm³/mol. The molecule has 0 saturated carbocycles. The fourth-order valence-electron chi connectivity index (χ4n) is 1.03. The molecular weight excluding hydrogens is 200 g/mol. The molecule has 0 radical (unpaired) electrons. The Bertz CT molecular complexity index is 473. The zero-order valence-corrected chi connectivity index (χ0v) is 8.26. The Morgan fingerprint density at radius 2 is 2.21 bits per heavy atom. The number of aromatic amines is 2. The maximum Gasteiger partial charge on any atom is 0.213 e. The summed E-state index contributed by atoms with van der Waals surface area (Å²) in [5, 5.41) is 5.52. The summed E-state index contributed by atoms with van der Waals surface area (Å²) < 4.78 is 5.40. The molecule has 0 aliphatic carbocycles. The lowest BCUT2D eigenvalue weighted by Crippen LogP contribution is -1.88. The van der Waals surface area contributed by atoms with Gasteiger partial charge in [0.2, 0.25) is 4.77 Å². The maximum absolute atomic E-state index is 4.99. The molecule has 0 aliphatic heterocycles. The third-order valence-corrected chi connectivity index (χ3v) is 1.91. The van der Waals surface area contributed by atoms with Crippen LogP contribution in [0.25, 0.3) is 11.5 Å². The molecule has 0 fully saturated rings. The van der Waals surface area contributed by atoms with Crippen molar-refractivity contribution in [2.75, 3.05) is 7.11 Å². The second-order valence-electron chi connectivity index (χ2n) is 2.60. The van der Waals surface area contributed by atoms with Gasteiger partial charge in [0.05, 0.1) is 13.3 Å². The van der Waals surface area contributed by atoms with Gasteiger partial charge in [0.15, 0.2) is 5.82 Å². The van der Waals surface area contributed by atoms with Crippen molar-refractivity contribution in [3.8, 4) is 17.3 Å². The number of hydrogen-bond donors (Lipinski definition) is 2. The molecule has 2 aromatic rings. The largest absolute Gasteiger partial charge is 0.495 e. The van der Waals surface area contributed by atoms with Crippen LogP contribution in [0.3, 0.4) is 0 Å². The number of ether oxygens (including phenoxy) is 1. The lowest BCUT2D eigenvalue weighted by Gasteiger charge is -1.98. The minimum absolute atomic E-state index is 0.414. The highest BCUT2D eigenvalue weighted by Gasteiger charge is 2.02. The molecule has 5 nitrogen and oxygen atoms in total. The van der Waals surface area contributed by atoms with Crippen molar-refractivity contribution in [1.82, 2.24) is 20.2 Å². The van der Waals surface area contributed by atoms with E-state index in [4.69, 9.17) is 17.0 Å². The molecule has 0 aliphatic rings. The molecule has 2 aromatic heterocycles. The summed E-state index contributed by atoms with van der Waals surface area (Å²) in [6.45, 7) is 0. The molecule has 0 saturated heterocycles. The number of nitrogens with zero attached hydrogens (tertiary/aromatic N) is 2. The third kappa shape index (κ3) is 1.64. The minimum atomic E-state index is 0.414. The van der Waals surface area contributed by atoms with E-state index >= 15 is 0 Å². The number of rotatable bonds is 2. The van der Waals surface area contributed by atoms with E-state index in [0.29, 0.717) is 16.3 Å². The zero-order valence-electron chi connectivity index (χ0n) is 7.44. The molecular formula is C8H8N4OS. The van der Waals surface area contributed by atoms with Gasteiger partial charge in [-0.05, 0) is 24.4 Å². The molecule has 2 rings (SSSR count). The molecule has 0 spiro atoms. The first kappa shape index (κ1) is 8.89. The standard InChI is InChI=1S/C8H8N4OS/c1-13-5-2-3-6(9-4-5)7-10-8(14)12-11-7/h2-4H,1H3,(H2,10,11,12,14). The van der Waals surface area contributed by atoms with E-state index in [9.17, 15) is 0 Å².